The molecule has 0 aliphatic carbocycles. The molecule has 1 fully saturated rings. The molecule has 0 radical (unpaired) electrons. The first-order valence-electron chi connectivity index (χ1n) is 5.90. The van der Waals surface area contributed by atoms with E-state index in [2.05, 4.69) is 30.3 Å². The van der Waals surface area contributed by atoms with Crippen LogP contribution in [0.15, 0.2) is 6.07 Å². The van der Waals surface area contributed by atoms with Gasteiger partial charge in [-0.25, -0.2) is 0 Å². The fourth-order valence-corrected chi connectivity index (χ4v) is 2.51. The van der Waals surface area contributed by atoms with E-state index in [0.29, 0.717) is 12.1 Å². The molecule has 0 aromatic carbocycles. The lowest BCUT2D eigenvalue weighted by Gasteiger charge is -2.28. The summed E-state index contributed by atoms with van der Waals surface area (Å²) in [5.74, 6) is 0. The van der Waals surface area contributed by atoms with Gasteiger partial charge in [0.2, 0.25) is 0 Å². The van der Waals surface area contributed by atoms with Crippen LogP contribution in [-0.4, -0.2) is 21.9 Å². The molecule has 1 aromatic rings. The van der Waals surface area contributed by atoms with E-state index in [0.717, 1.165) is 12.1 Å². The highest BCUT2D eigenvalue weighted by atomic mass is 15.3. The van der Waals surface area contributed by atoms with Gasteiger partial charge in [-0.2, -0.15) is 5.10 Å². The Morgan fingerprint density at radius 2 is 2.33 bits per heavy atom. The highest BCUT2D eigenvalue weighted by Gasteiger charge is 2.19. The van der Waals surface area contributed by atoms with Crippen LogP contribution >= 0.6 is 0 Å². The molecule has 3 nitrogen and oxygen atoms in total. The lowest BCUT2D eigenvalue weighted by Crippen LogP contribution is -2.41. The van der Waals surface area contributed by atoms with Gasteiger partial charge >= 0.3 is 0 Å². The van der Waals surface area contributed by atoms with Gasteiger partial charge in [-0.15, -0.1) is 0 Å². The maximum Gasteiger partial charge on any atom is 0.0596 e. The predicted octanol–water partition coefficient (Wildman–Crippen LogP) is 1.80. The van der Waals surface area contributed by atoms with Crippen LogP contribution in [0.25, 0.3) is 0 Å². The summed E-state index contributed by atoms with van der Waals surface area (Å²) in [4.78, 5) is 0. The third kappa shape index (κ3) is 2.59. The first-order chi connectivity index (χ1) is 7.15. The van der Waals surface area contributed by atoms with Crippen molar-refractivity contribution in [1.82, 2.24) is 15.1 Å². The van der Waals surface area contributed by atoms with Gasteiger partial charge in [0.15, 0.2) is 0 Å². The minimum absolute atomic E-state index is 0.642. The van der Waals surface area contributed by atoms with E-state index in [4.69, 9.17) is 0 Å². The van der Waals surface area contributed by atoms with Crippen molar-refractivity contribution in [2.75, 3.05) is 0 Å². The lowest BCUT2D eigenvalue weighted by molar-refractivity contribution is 0.330. The molecule has 15 heavy (non-hydrogen) atoms. The molecule has 1 aliphatic heterocycles. The monoisotopic (exact) mass is 207 g/mol. The topological polar surface area (TPSA) is 29.9 Å². The Kier molecular flexibility index (Phi) is 3.10. The molecule has 0 spiro atoms. The Morgan fingerprint density at radius 1 is 1.53 bits per heavy atom. The zero-order chi connectivity index (χ0) is 10.8. The number of nitrogens with zero attached hydrogens (tertiary/aromatic N) is 2. The van der Waals surface area contributed by atoms with Crippen LogP contribution in [0.2, 0.25) is 0 Å². The van der Waals surface area contributed by atoms with E-state index in [-0.39, 0.29) is 0 Å². The highest BCUT2D eigenvalue weighted by Crippen LogP contribution is 2.16. The van der Waals surface area contributed by atoms with Gasteiger partial charge in [0, 0.05) is 31.2 Å². The maximum atomic E-state index is 4.38. The Morgan fingerprint density at radius 3 is 2.93 bits per heavy atom. The second-order valence-corrected chi connectivity index (χ2v) is 4.80. The van der Waals surface area contributed by atoms with Gasteiger partial charge in [-0.1, -0.05) is 6.42 Å². The Hall–Kier alpha value is -0.830. The molecule has 1 saturated heterocycles. The standard InChI is InChI=1S/C12H21N3/c1-9-5-4-6-11(13-9)8-12-7-10(2)14-15(12)3/h7,9,11,13H,4-6,8H2,1-3H3. The van der Waals surface area contributed by atoms with Crippen molar-refractivity contribution in [3.8, 4) is 0 Å². The molecule has 2 atom stereocenters. The molecule has 2 unspecified atom stereocenters. The van der Waals surface area contributed by atoms with E-state index in [1.807, 2.05) is 11.7 Å². The summed E-state index contributed by atoms with van der Waals surface area (Å²) in [6, 6.07) is 3.52. The first kappa shape index (κ1) is 10.7. The first-order valence-corrected chi connectivity index (χ1v) is 5.90. The van der Waals surface area contributed by atoms with Crippen LogP contribution in [0.4, 0.5) is 0 Å². The van der Waals surface area contributed by atoms with Crippen LogP contribution in [0, 0.1) is 6.92 Å². The number of hydrogen-bond donors (Lipinski definition) is 1. The smallest absolute Gasteiger partial charge is 0.0596 e. The molecule has 0 saturated carbocycles. The van der Waals surface area contributed by atoms with Crippen LogP contribution in [0.1, 0.15) is 37.6 Å². The maximum absolute atomic E-state index is 4.38. The summed E-state index contributed by atoms with van der Waals surface area (Å²) in [6.07, 6.45) is 5.09. The number of piperidine rings is 1. The van der Waals surface area contributed by atoms with Crippen molar-refractivity contribution in [2.45, 2.75) is 51.6 Å². The average molecular weight is 207 g/mol. The van der Waals surface area contributed by atoms with Gasteiger partial charge in [-0.3, -0.25) is 4.68 Å². The van der Waals surface area contributed by atoms with Crippen LogP contribution in [-0.2, 0) is 13.5 Å². The Labute approximate surface area is 91.9 Å². The quantitative estimate of drug-likeness (QED) is 0.801. The summed E-state index contributed by atoms with van der Waals surface area (Å²) in [5.41, 5.74) is 2.47. The van der Waals surface area contributed by atoms with Gasteiger partial charge < -0.3 is 5.32 Å². The molecule has 2 rings (SSSR count). The lowest BCUT2D eigenvalue weighted by atomic mass is 9.96. The third-order valence-corrected chi connectivity index (χ3v) is 3.26. The Balaban J connectivity index is 1.99. The minimum atomic E-state index is 0.642. The average Bonchev–Trinajstić information content (AvgIpc) is 2.45. The molecule has 1 aromatic heterocycles. The highest BCUT2D eigenvalue weighted by molar-refractivity contribution is 5.10. The van der Waals surface area contributed by atoms with E-state index in [1.165, 1.54) is 25.0 Å². The van der Waals surface area contributed by atoms with Gasteiger partial charge in [0.05, 0.1) is 5.69 Å². The van der Waals surface area contributed by atoms with Crippen molar-refractivity contribution >= 4 is 0 Å². The number of aryl methyl sites for hydroxylation is 2. The van der Waals surface area contributed by atoms with Crippen LogP contribution < -0.4 is 5.32 Å². The molecule has 0 bridgehead atoms. The van der Waals surface area contributed by atoms with Crippen molar-refractivity contribution in [3.63, 3.8) is 0 Å². The zero-order valence-electron chi connectivity index (χ0n) is 9.95. The molecular formula is C12H21N3. The molecule has 0 amide bonds. The molecule has 84 valence electrons. The van der Waals surface area contributed by atoms with Gasteiger partial charge in [0.25, 0.3) is 0 Å². The van der Waals surface area contributed by atoms with E-state index < -0.39 is 0 Å². The summed E-state index contributed by atoms with van der Waals surface area (Å²) in [5, 5.41) is 8.04. The normalized spacial score (nSPS) is 26.9. The summed E-state index contributed by atoms with van der Waals surface area (Å²) < 4.78 is 2.01. The number of nitrogens with one attached hydrogen (secondary N) is 1. The molecular weight excluding hydrogens is 186 g/mol. The van der Waals surface area contributed by atoms with Gasteiger partial charge in [0.1, 0.15) is 0 Å². The fraction of sp³-hybridized carbons (Fsp3) is 0.750. The van der Waals surface area contributed by atoms with E-state index >= 15 is 0 Å². The SMILES string of the molecule is Cc1cc(CC2CCCC(C)N2)n(C)n1. The second kappa shape index (κ2) is 4.35. The summed E-state index contributed by atoms with van der Waals surface area (Å²) in [6.45, 7) is 4.33. The number of hydrogen-bond acceptors (Lipinski definition) is 2. The fourth-order valence-electron chi connectivity index (χ4n) is 2.51. The largest absolute Gasteiger partial charge is 0.311 e. The minimum Gasteiger partial charge on any atom is -0.311 e. The zero-order valence-corrected chi connectivity index (χ0v) is 9.95. The van der Waals surface area contributed by atoms with Crippen molar-refractivity contribution < 1.29 is 0 Å². The summed E-state index contributed by atoms with van der Waals surface area (Å²) in [7, 11) is 2.04. The molecule has 1 aliphatic rings. The van der Waals surface area contributed by atoms with Crippen LogP contribution in [0.3, 0.4) is 0 Å². The van der Waals surface area contributed by atoms with Crippen LogP contribution in [0.5, 0.6) is 0 Å². The summed E-state index contributed by atoms with van der Waals surface area (Å²) >= 11 is 0. The van der Waals surface area contributed by atoms with Gasteiger partial charge in [-0.05, 0) is 32.8 Å². The molecule has 2 heterocycles. The van der Waals surface area contributed by atoms with E-state index in [1.54, 1.807) is 0 Å². The third-order valence-electron chi connectivity index (χ3n) is 3.26. The molecule has 3 heteroatoms. The van der Waals surface area contributed by atoms with E-state index in [9.17, 15) is 0 Å². The van der Waals surface area contributed by atoms with Crippen molar-refractivity contribution in [1.29, 1.82) is 0 Å². The number of aromatic nitrogens is 2. The Bertz CT molecular complexity index is 330. The number of rotatable bonds is 2. The second-order valence-electron chi connectivity index (χ2n) is 4.80. The van der Waals surface area contributed by atoms with Crippen molar-refractivity contribution in [3.05, 3.63) is 17.5 Å². The van der Waals surface area contributed by atoms with Crippen molar-refractivity contribution in [2.24, 2.45) is 7.05 Å². The molecule has 1 N–H and O–H groups in total. The predicted molar refractivity (Wildman–Crippen MR) is 61.9 cm³/mol.